The molecule has 0 radical (unpaired) electrons. The first-order valence-electron chi connectivity index (χ1n) is 18.6. The van der Waals surface area contributed by atoms with Crippen molar-refractivity contribution in [3.63, 3.8) is 0 Å². The van der Waals surface area contributed by atoms with E-state index in [0.717, 1.165) is 67.9 Å². The SMILES string of the molecule is CC(C)(C)c1cc(C2=C3C=CC(=N3)C=C3C=CC(=N3)C(c3cc(C(C)(C)C)cc(C(C)(C)C)c3)=C3C=CC(=N3)C=C3C=CC2=N3)cc(C(C)(C)C)c1. The van der Waals surface area contributed by atoms with Gasteiger partial charge in [-0.3, -0.25) is 0 Å². The van der Waals surface area contributed by atoms with Crippen molar-refractivity contribution in [2.45, 2.75) is 105 Å². The van der Waals surface area contributed by atoms with Crippen LogP contribution in [0.1, 0.15) is 116 Å². The Kier molecular flexibility index (Phi) is 8.40. The summed E-state index contributed by atoms with van der Waals surface area (Å²) in [4.78, 5) is 20.8. The molecule has 0 amide bonds. The molecular formula is C48H52N4. The number of allylic oxidation sites excluding steroid dienone is 12. The van der Waals surface area contributed by atoms with Crippen LogP contribution in [0.3, 0.4) is 0 Å². The smallest absolute Gasteiger partial charge is 0.0737 e. The molecule has 8 bridgehead atoms. The van der Waals surface area contributed by atoms with Crippen LogP contribution in [0.25, 0.3) is 11.1 Å². The predicted octanol–water partition coefficient (Wildman–Crippen LogP) is 11.8. The summed E-state index contributed by atoms with van der Waals surface area (Å²) in [7, 11) is 0. The van der Waals surface area contributed by atoms with Gasteiger partial charge in [0.2, 0.25) is 0 Å². The lowest BCUT2D eigenvalue weighted by Gasteiger charge is -2.27. The summed E-state index contributed by atoms with van der Waals surface area (Å²) in [6, 6.07) is 14.0. The van der Waals surface area contributed by atoms with Crippen LogP contribution in [0, 0.1) is 0 Å². The zero-order chi connectivity index (χ0) is 37.4. The number of fused-ring (bicyclic) bond motifs is 4. The second-order valence-electron chi connectivity index (χ2n) is 18.7. The minimum atomic E-state index is -0.0216. The maximum absolute atomic E-state index is 5.21. The van der Waals surface area contributed by atoms with Gasteiger partial charge in [0.25, 0.3) is 0 Å². The molecule has 0 aromatic heterocycles. The maximum Gasteiger partial charge on any atom is 0.0737 e. The second kappa shape index (κ2) is 12.3. The minimum Gasteiger partial charge on any atom is -0.248 e. The molecule has 7 rings (SSSR count). The molecule has 4 heteroatoms. The summed E-state index contributed by atoms with van der Waals surface area (Å²) in [6.07, 6.45) is 21.0. The van der Waals surface area contributed by atoms with Crippen molar-refractivity contribution in [1.29, 1.82) is 0 Å². The standard InChI is InChI=1S/C48H52N4/c1-45(2,3)31-21-29(22-32(25-31)46(4,5)6)43-39-17-13-35(49-39)27-37-15-19-41(51-37)44(42-20-16-38(52-42)28-36-14-18-40(43)50-36)30-23-33(47(7,8)9)26-34(24-30)48(10,11)12/h13-28H,1-12H3. The molecule has 264 valence electrons. The Morgan fingerprint density at radius 2 is 0.673 bits per heavy atom. The van der Waals surface area contributed by atoms with E-state index in [1.54, 1.807) is 0 Å². The second-order valence-corrected chi connectivity index (χ2v) is 18.7. The molecule has 0 saturated heterocycles. The Labute approximate surface area is 311 Å². The Morgan fingerprint density at radius 1 is 0.346 bits per heavy atom. The first-order valence-corrected chi connectivity index (χ1v) is 18.6. The number of benzene rings is 2. The molecule has 0 fully saturated rings. The summed E-state index contributed by atoms with van der Waals surface area (Å²) in [5.41, 5.74) is 16.5. The van der Waals surface area contributed by atoms with Crippen LogP contribution in [0.4, 0.5) is 0 Å². The lowest BCUT2D eigenvalue weighted by Crippen LogP contribution is -2.17. The fourth-order valence-corrected chi connectivity index (χ4v) is 6.82. The van der Waals surface area contributed by atoms with E-state index in [2.05, 4.69) is 180 Å². The van der Waals surface area contributed by atoms with Gasteiger partial charge in [0.1, 0.15) is 0 Å². The first kappa shape index (κ1) is 35.4. The summed E-state index contributed by atoms with van der Waals surface area (Å²) >= 11 is 0. The highest BCUT2D eigenvalue weighted by atomic mass is 14.9. The monoisotopic (exact) mass is 684 g/mol. The van der Waals surface area contributed by atoms with Crippen molar-refractivity contribution in [3.05, 3.63) is 153 Å². The highest BCUT2D eigenvalue weighted by Gasteiger charge is 2.28. The molecule has 2 aromatic rings. The zero-order valence-corrected chi connectivity index (χ0v) is 33.0. The van der Waals surface area contributed by atoms with E-state index in [1.807, 2.05) is 0 Å². The fraction of sp³-hybridized carbons (Fsp3) is 0.333. The lowest BCUT2D eigenvalue weighted by atomic mass is 9.78. The van der Waals surface area contributed by atoms with E-state index < -0.39 is 0 Å². The molecule has 0 saturated carbocycles. The van der Waals surface area contributed by atoms with E-state index >= 15 is 0 Å². The number of hydrogen-bond acceptors (Lipinski definition) is 4. The van der Waals surface area contributed by atoms with Crippen LogP contribution in [-0.4, -0.2) is 22.8 Å². The highest BCUT2D eigenvalue weighted by molar-refractivity contribution is 6.34. The summed E-state index contributed by atoms with van der Waals surface area (Å²) in [6.45, 7) is 27.3. The van der Waals surface area contributed by atoms with Gasteiger partial charge in [-0.25, -0.2) is 20.0 Å². The molecule has 5 aliphatic rings. The topological polar surface area (TPSA) is 49.4 Å². The van der Waals surface area contributed by atoms with Gasteiger partial charge >= 0.3 is 0 Å². The molecule has 0 aliphatic carbocycles. The van der Waals surface area contributed by atoms with Crippen LogP contribution >= 0.6 is 0 Å². The quantitative estimate of drug-likeness (QED) is 0.302. The highest BCUT2D eigenvalue weighted by Crippen LogP contribution is 2.39. The average Bonchev–Trinajstić information content (AvgIpc) is 3.86. The Hall–Kier alpha value is -4.96. The first-order chi connectivity index (χ1) is 24.2. The molecule has 5 aliphatic heterocycles. The van der Waals surface area contributed by atoms with Gasteiger partial charge in [0.15, 0.2) is 0 Å². The Balaban J connectivity index is 1.44. The van der Waals surface area contributed by atoms with Gasteiger partial charge < -0.3 is 0 Å². The van der Waals surface area contributed by atoms with Gasteiger partial charge in [-0.1, -0.05) is 119 Å². The van der Waals surface area contributed by atoms with Gasteiger partial charge in [-0.2, -0.15) is 0 Å². The van der Waals surface area contributed by atoms with Crippen molar-refractivity contribution in [2.24, 2.45) is 20.0 Å². The molecule has 52 heavy (non-hydrogen) atoms. The zero-order valence-electron chi connectivity index (χ0n) is 33.0. The number of nitrogens with zero attached hydrogens (tertiary/aromatic N) is 4. The van der Waals surface area contributed by atoms with E-state index in [4.69, 9.17) is 20.0 Å². The van der Waals surface area contributed by atoms with Crippen LogP contribution in [0.2, 0.25) is 0 Å². The van der Waals surface area contributed by atoms with E-state index in [0.29, 0.717) is 0 Å². The summed E-state index contributed by atoms with van der Waals surface area (Å²) < 4.78 is 0. The maximum atomic E-state index is 5.21. The minimum absolute atomic E-state index is 0.0216. The molecule has 4 nitrogen and oxygen atoms in total. The lowest BCUT2D eigenvalue weighted by molar-refractivity contribution is 0.567. The largest absolute Gasteiger partial charge is 0.248 e. The molecule has 2 aromatic carbocycles. The Bertz CT molecular complexity index is 2060. The van der Waals surface area contributed by atoms with E-state index in [9.17, 15) is 0 Å². The van der Waals surface area contributed by atoms with Crippen molar-refractivity contribution in [1.82, 2.24) is 0 Å². The predicted molar refractivity (Wildman–Crippen MR) is 224 cm³/mol. The summed E-state index contributed by atoms with van der Waals surface area (Å²) in [5, 5.41) is 0. The van der Waals surface area contributed by atoms with Crippen molar-refractivity contribution < 1.29 is 0 Å². The fourth-order valence-electron chi connectivity index (χ4n) is 6.82. The molecule has 0 unspecified atom stereocenters. The summed E-state index contributed by atoms with van der Waals surface area (Å²) in [5.74, 6) is 0. The van der Waals surface area contributed by atoms with Gasteiger partial charge in [-0.05, 0) is 116 Å². The van der Waals surface area contributed by atoms with Crippen LogP contribution in [0.15, 0.2) is 140 Å². The van der Waals surface area contributed by atoms with Crippen LogP contribution < -0.4 is 0 Å². The third-order valence-electron chi connectivity index (χ3n) is 10.2. The van der Waals surface area contributed by atoms with Gasteiger partial charge in [0.05, 0.1) is 45.6 Å². The van der Waals surface area contributed by atoms with E-state index in [1.165, 1.54) is 22.3 Å². The van der Waals surface area contributed by atoms with Crippen molar-refractivity contribution in [3.8, 4) is 0 Å². The molecule has 5 heterocycles. The third-order valence-corrected chi connectivity index (χ3v) is 10.2. The Morgan fingerprint density at radius 3 is 0.981 bits per heavy atom. The third kappa shape index (κ3) is 7.08. The molecule has 0 N–H and O–H groups in total. The normalized spacial score (nSPS) is 18.6. The van der Waals surface area contributed by atoms with Gasteiger partial charge in [-0.15, -0.1) is 0 Å². The number of hydrogen-bond donors (Lipinski definition) is 0. The van der Waals surface area contributed by atoms with Crippen molar-refractivity contribution in [2.75, 3.05) is 0 Å². The number of aliphatic imine (C=N–C) groups is 4. The van der Waals surface area contributed by atoms with E-state index in [-0.39, 0.29) is 21.7 Å². The molecule has 0 atom stereocenters. The van der Waals surface area contributed by atoms with Crippen LogP contribution in [-0.2, 0) is 21.7 Å². The molecular weight excluding hydrogens is 633 g/mol. The van der Waals surface area contributed by atoms with Crippen molar-refractivity contribution >= 4 is 34.0 Å². The van der Waals surface area contributed by atoms with Gasteiger partial charge in [0, 0.05) is 11.1 Å². The average molecular weight is 685 g/mol. The molecule has 0 spiro atoms. The van der Waals surface area contributed by atoms with Crippen LogP contribution in [0.5, 0.6) is 0 Å². The number of rotatable bonds is 2.